The number of benzene rings is 3. The highest BCUT2D eigenvalue weighted by Crippen LogP contribution is 2.43. The lowest BCUT2D eigenvalue weighted by molar-refractivity contribution is -0.140. The molecule has 8 nitrogen and oxygen atoms in total. The number of Topliss-reactive ketones (excluding diaryl/α,β-unsaturated/α-hetero) is 1. The van der Waals surface area contributed by atoms with E-state index in [0.717, 1.165) is 12.1 Å². The maximum absolute atomic E-state index is 14.1. The molecule has 3 aromatic rings. The molecule has 0 spiro atoms. The Hall–Kier alpha value is -4.53. The first-order valence-electron chi connectivity index (χ1n) is 11.5. The second kappa shape index (κ2) is 10.6. The summed E-state index contributed by atoms with van der Waals surface area (Å²) in [7, 11) is 2.86. The summed E-state index contributed by atoms with van der Waals surface area (Å²) in [5, 5.41) is 21.5. The van der Waals surface area contributed by atoms with Crippen molar-refractivity contribution >= 4 is 17.4 Å². The number of aliphatic hydroxyl groups excluding tert-OH is 1. The molecule has 2 N–H and O–H groups in total. The van der Waals surface area contributed by atoms with Gasteiger partial charge >= 0.3 is 0 Å². The van der Waals surface area contributed by atoms with E-state index in [4.69, 9.17) is 14.2 Å². The van der Waals surface area contributed by atoms with Gasteiger partial charge in [0.25, 0.3) is 11.7 Å². The van der Waals surface area contributed by atoms with Crippen molar-refractivity contribution in [2.75, 3.05) is 20.8 Å². The molecule has 1 fully saturated rings. The Kier molecular flexibility index (Phi) is 7.33. The van der Waals surface area contributed by atoms with E-state index in [1.807, 2.05) is 0 Å². The van der Waals surface area contributed by atoms with Gasteiger partial charge in [0.05, 0.1) is 38.0 Å². The summed E-state index contributed by atoms with van der Waals surface area (Å²) in [5.74, 6) is -2.32. The number of amides is 1. The predicted octanol–water partition coefficient (Wildman–Crippen LogP) is 4.57. The van der Waals surface area contributed by atoms with Crippen LogP contribution in [0.25, 0.3) is 5.76 Å². The van der Waals surface area contributed by atoms with Gasteiger partial charge in [0.1, 0.15) is 23.1 Å². The van der Waals surface area contributed by atoms with Gasteiger partial charge in [-0.15, -0.1) is 0 Å². The average molecular weight is 508 g/mol. The van der Waals surface area contributed by atoms with Crippen LogP contribution in [0.1, 0.15) is 29.7 Å². The predicted molar refractivity (Wildman–Crippen MR) is 133 cm³/mol. The Morgan fingerprint density at radius 1 is 1.00 bits per heavy atom. The summed E-state index contributed by atoms with van der Waals surface area (Å²) in [6.07, 6.45) is 0. The number of ketones is 1. The molecule has 1 atom stereocenters. The molecule has 1 aliphatic heterocycles. The van der Waals surface area contributed by atoms with E-state index in [2.05, 4.69) is 0 Å². The van der Waals surface area contributed by atoms with Crippen molar-refractivity contribution in [1.82, 2.24) is 4.90 Å². The molecule has 0 saturated carbocycles. The summed E-state index contributed by atoms with van der Waals surface area (Å²) in [4.78, 5) is 27.9. The number of carbonyl (C=O) groups excluding carboxylic acids is 2. The van der Waals surface area contributed by atoms with Crippen molar-refractivity contribution in [3.8, 4) is 23.0 Å². The lowest BCUT2D eigenvalue weighted by atomic mass is 9.94. The zero-order valence-corrected chi connectivity index (χ0v) is 20.5. The minimum Gasteiger partial charge on any atom is -0.507 e. The summed E-state index contributed by atoms with van der Waals surface area (Å²) in [6, 6.07) is 13.9. The normalized spacial score (nSPS) is 16.6. The van der Waals surface area contributed by atoms with Crippen LogP contribution in [0.2, 0.25) is 0 Å². The molecule has 1 heterocycles. The number of hydrogen-bond acceptors (Lipinski definition) is 7. The standard InChI is InChI=1S/C28H26FNO7/c1-4-37-23-13-17(8-10-21(23)31)25-24(26(32)20-14-18(29)9-11-22(20)36-3)27(33)28(34)30(25)15-16-6-5-7-19(12-16)35-2/h5-14,25,31-32H,4,15H2,1-3H3/b26-24+. The number of halogens is 1. The van der Waals surface area contributed by atoms with Crippen LogP contribution < -0.4 is 14.2 Å². The molecule has 0 aliphatic carbocycles. The van der Waals surface area contributed by atoms with Crippen molar-refractivity contribution in [2.24, 2.45) is 0 Å². The van der Waals surface area contributed by atoms with E-state index in [1.165, 1.54) is 43.4 Å². The summed E-state index contributed by atoms with van der Waals surface area (Å²) in [5.41, 5.74) is 0.763. The Morgan fingerprint density at radius 3 is 2.49 bits per heavy atom. The van der Waals surface area contributed by atoms with Crippen LogP contribution in [0.5, 0.6) is 23.0 Å². The smallest absolute Gasteiger partial charge is 0.295 e. The number of ether oxygens (including phenoxy) is 3. The molecule has 0 aromatic heterocycles. The monoisotopic (exact) mass is 507 g/mol. The number of aliphatic hydroxyl groups is 1. The first kappa shape index (κ1) is 25.6. The minimum absolute atomic E-state index is 0.00828. The number of rotatable bonds is 8. The van der Waals surface area contributed by atoms with Crippen molar-refractivity contribution in [2.45, 2.75) is 19.5 Å². The highest BCUT2D eigenvalue weighted by Gasteiger charge is 2.46. The molecule has 192 valence electrons. The molecule has 3 aromatic carbocycles. The third kappa shape index (κ3) is 4.93. The van der Waals surface area contributed by atoms with E-state index in [1.54, 1.807) is 31.2 Å². The number of phenolic OH excluding ortho intramolecular Hbond substituents is 1. The lowest BCUT2D eigenvalue weighted by Crippen LogP contribution is -2.29. The number of aromatic hydroxyl groups is 1. The molecule has 9 heteroatoms. The third-order valence-corrected chi connectivity index (χ3v) is 6.04. The van der Waals surface area contributed by atoms with Crippen molar-refractivity contribution in [1.29, 1.82) is 0 Å². The number of hydrogen-bond donors (Lipinski definition) is 2. The van der Waals surface area contributed by atoms with Gasteiger partial charge in [-0.3, -0.25) is 9.59 Å². The molecule has 1 aliphatic rings. The quantitative estimate of drug-likeness (QED) is 0.261. The second-order valence-electron chi connectivity index (χ2n) is 8.28. The van der Waals surface area contributed by atoms with Crippen LogP contribution >= 0.6 is 0 Å². The second-order valence-corrected chi connectivity index (χ2v) is 8.28. The number of phenols is 1. The van der Waals surface area contributed by atoms with Crippen molar-refractivity contribution in [3.05, 3.63) is 88.7 Å². The van der Waals surface area contributed by atoms with E-state index < -0.39 is 29.3 Å². The Balaban J connectivity index is 1.92. The van der Waals surface area contributed by atoms with Gasteiger partial charge in [0.2, 0.25) is 0 Å². The summed E-state index contributed by atoms with van der Waals surface area (Å²) >= 11 is 0. The van der Waals surface area contributed by atoms with Crippen LogP contribution in [-0.4, -0.2) is 47.6 Å². The first-order valence-corrected chi connectivity index (χ1v) is 11.5. The third-order valence-electron chi connectivity index (χ3n) is 6.04. The number of carbonyl (C=O) groups is 2. The molecular formula is C28H26FNO7. The zero-order valence-electron chi connectivity index (χ0n) is 20.5. The van der Waals surface area contributed by atoms with Crippen molar-refractivity contribution in [3.63, 3.8) is 0 Å². The Bertz CT molecular complexity index is 1380. The highest BCUT2D eigenvalue weighted by atomic mass is 19.1. The topological polar surface area (TPSA) is 106 Å². The van der Waals surface area contributed by atoms with Crippen LogP contribution in [-0.2, 0) is 16.1 Å². The van der Waals surface area contributed by atoms with E-state index in [9.17, 15) is 24.2 Å². The van der Waals surface area contributed by atoms with Crippen LogP contribution in [0, 0.1) is 5.82 Å². The fourth-order valence-electron chi connectivity index (χ4n) is 4.34. The molecule has 0 bridgehead atoms. The average Bonchev–Trinajstić information content (AvgIpc) is 3.14. The van der Waals surface area contributed by atoms with Gasteiger partial charge in [-0.2, -0.15) is 0 Å². The first-order chi connectivity index (χ1) is 17.8. The fraction of sp³-hybridized carbons (Fsp3) is 0.214. The van der Waals surface area contributed by atoms with Crippen LogP contribution in [0.4, 0.5) is 4.39 Å². The molecule has 1 unspecified atom stereocenters. The summed E-state index contributed by atoms with van der Waals surface area (Å²) < 4.78 is 30.2. The molecule has 4 rings (SSSR count). The largest absolute Gasteiger partial charge is 0.507 e. The fourth-order valence-corrected chi connectivity index (χ4v) is 4.34. The van der Waals surface area contributed by atoms with Gasteiger partial charge in [0, 0.05) is 6.54 Å². The van der Waals surface area contributed by atoms with Gasteiger partial charge in [0.15, 0.2) is 11.5 Å². The number of nitrogens with zero attached hydrogens (tertiary/aromatic N) is 1. The maximum Gasteiger partial charge on any atom is 0.295 e. The molecule has 0 radical (unpaired) electrons. The van der Waals surface area contributed by atoms with Gasteiger partial charge in [-0.25, -0.2) is 4.39 Å². The lowest BCUT2D eigenvalue weighted by Gasteiger charge is -2.26. The highest BCUT2D eigenvalue weighted by molar-refractivity contribution is 6.46. The van der Waals surface area contributed by atoms with Crippen molar-refractivity contribution < 1.29 is 38.4 Å². The minimum atomic E-state index is -1.07. The SMILES string of the molecule is CCOc1cc(C2/C(=C(\O)c3cc(F)ccc3OC)C(=O)C(=O)N2Cc2cccc(OC)c2)ccc1O. The van der Waals surface area contributed by atoms with E-state index >= 15 is 0 Å². The molecule has 1 amide bonds. The van der Waals surface area contributed by atoms with Gasteiger partial charge < -0.3 is 29.3 Å². The van der Waals surface area contributed by atoms with Gasteiger partial charge in [-0.05, 0) is 60.5 Å². The van der Waals surface area contributed by atoms with Crippen LogP contribution in [0.3, 0.4) is 0 Å². The zero-order chi connectivity index (χ0) is 26.7. The van der Waals surface area contributed by atoms with E-state index in [-0.39, 0.29) is 41.5 Å². The van der Waals surface area contributed by atoms with Gasteiger partial charge in [-0.1, -0.05) is 18.2 Å². The molecular weight excluding hydrogens is 481 g/mol. The summed E-state index contributed by atoms with van der Waals surface area (Å²) in [6.45, 7) is 2.02. The van der Waals surface area contributed by atoms with Crippen LogP contribution in [0.15, 0.2) is 66.2 Å². The number of methoxy groups -OCH3 is 2. The molecule has 37 heavy (non-hydrogen) atoms. The number of likely N-dealkylation sites (tertiary alicyclic amines) is 1. The Labute approximate surface area is 213 Å². The maximum atomic E-state index is 14.1. The molecule has 1 saturated heterocycles. The van der Waals surface area contributed by atoms with E-state index in [0.29, 0.717) is 16.9 Å². The Morgan fingerprint density at radius 2 is 1.78 bits per heavy atom.